The summed E-state index contributed by atoms with van der Waals surface area (Å²) in [6, 6.07) is 7.92. The Kier molecular flexibility index (Phi) is 3.90. The minimum absolute atomic E-state index is 0.198. The molecule has 0 bridgehead atoms. The number of hydrogen-bond donors (Lipinski definition) is 0. The molecule has 0 saturated heterocycles. The summed E-state index contributed by atoms with van der Waals surface area (Å²) < 4.78 is 5.87. The number of fused-ring (bicyclic) bond motifs is 1. The molecule has 0 amide bonds. The first kappa shape index (κ1) is 13.4. The average Bonchev–Trinajstić information content (AvgIpc) is 2.65. The Morgan fingerprint density at radius 1 is 1.15 bits per heavy atom. The van der Waals surface area contributed by atoms with Gasteiger partial charge < -0.3 is 4.42 Å². The van der Waals surface area contributed by atoms with Crippen LogP contribution in [0.25, 0.3) is 11.0 Å². The van der Waals surface area contributed by atoms with Crippen LogP contribution in [0.4, 0.5) is 0 Å². The molecule has 1 saturated carbocycles. The van der Waals surface area contributed by atoms with Crippen molar-refractivity contribution < 1.29 is 9.21 Å². The summed E-state index contributed by atoms with van der Waals surface area (Å²) in [6.45, 7) is 2.06. The molecule has 0 unspecified atom stereocenters. The van der Waals surface area contributed by atoms with Gasteiger partial charge in [-0.15, -0.1) is 0 Å². The predicted molar refractivity (Wildman–Crippen MR) is 81.1 cm³/mol. The molecule has 1 aromatic carbocycles. The third-order valence-electron chi connectivity index (χ3n) is 4.46. The van der Waals surface area contributed by atoms with E-state index in [1.54, 1.807) is 0 Å². The minimum atomic E-state index is 0.198. The molecule has 0 aliphatic heterocycles. The molecule has 2 aromatic rings. The van der Waals surface area contributed by atoms with Gasteiger partial charge in [-0.2, -0.15) is 0 Å². The molecule has 0 N–H and O–H groups in total. The molecule has 20 heavy (non-hydrogen) atoms. The lowest BCUT2D eigenvalue weighted by atomic mass is 9.89. The summed E-state index contributed by atoms with van der Waals surface area (Å²) in [5.74, 6) is 1.37. The van der Waals surface area contributed by atoms with Crippen LogP contribution in [0.2, 0.25) is 0 Å². The SMILES string of the molecule is CCc1oc2ccccc2c1C(=O)C1CCCCCC1. The number of carbonyl (C=O) groups excluding carboxylic acids is 1. The van der Waals surface area contributed by atoms with Gasteiger partial charge in [-0.05, 0) is 18.9 Å². The zero-order chi connectivity index (χ0) is 13.9. The standard InChI is InChI=1S/C18H22O2/c1-2-15-17(14-11-7-8-12-16(14)20-15)18(19)13-9-5-3-4-6-10-13/h7-8,11-13H,2-6,9-10H2,1H3. The largest absolute Gasteiger partial charge is 0.460 e. The Balaban J connectivity index is 2.01. The molecular formula is C18H22O2. The average molecular weight is 270 g/mol. The van der Waals surface area contributed by atoms with Gasteiger partial charge in [0.05, 0.1) is 5.56 Å². The summed E-state index contributed by atoms with van der Waals surface area (Å²) >= 11 is 0. The molecule has 0 radical (unpaired) electrons. The van der Waals surface area contributed by atoms with Gasteiger partial charge in [-0.3, -0.25) is 4.79 Å². The van der Waals surface area contributed by atoms with Crippen LogP contribution in [0.3, 0.4) is 0 Å². The number of Topliss-reactive ketones (excluding diaryl/α,β-unsaturated/α-hetero) is 1. The second-order valence-corrected chi connectivity index (χ2v) is 5.80. The molecule has 0 spiro atoms. The van der Waals surface area contributed by atoms with Gasteiger partial charge in [0.2, 0.25) is 0 Å². The first-order valence-corrected chi connectivity index (χ1v) is 7.86. The van der Waals surface area contributed by atoms with Crippen molar-refractivity contribution in [1.29, 1.82) is 0 Å². The first-order chi connectivity index (χ1) is 9.81. The van der Waals surface area contributed by atoms with Crippen LogP contribution in [-0.2, 0) is 6.42 Å². The van der Waals surface area contributed by atoms with Crippen molar-refractivity contribution in [2.45, 2.75) is 51.9 Å². The van der Waals surface area contributed by atoms with Crippen LogP contribution in [0.15, 0.2) is 28.7 Å². The van der Waals surface area contributed by atoms with Crippen LogP contribution in [0, 0.1) is 5.92 Å². The molecule has 1 fully saturated rings. The zero-order valence-corrected chi connectivity index (χ0v) is 12.2. The van der Waals surface area contributed by atoms with Crippen LogP contribution in [0.5, 0.6) is 0 Å². The van der Waals surface area contributed by atoms with Gasteiger partial charge in [0.1, 0.15) is 11.3 Å². The topological polar surface area (TPSA) is 30.2 Å². The van der Waals surface area contributed by atoms with Crippen molar-refractivity contribution in [3.63, 3.8) is 0 Å². The van der Waals surface area contributed by atoms with E-state index in [0.29, 0.717) is 5.78 Å². The van der Waals surface area contributed by atoms with E-state index in [2.05, 4.69) is 6.92 Å². The van der Waals surface area contributed by atoms with Gasteiger partial charge in [-0.25, -0.2) is 0 Å². The lowest BCUT2D eigenvalue weighted by Gasteiger charge is -2.12. The molecule has 0 atom stereocenters. The van der Waals surface area contributed by atoms with Crippen molar-refractivity contribution in [1.82, 2.24) is 0 Å². The number of benzene rings is 1. The highest BCUT2D eigenvalue weighted by Crippen LogP contribution is 2.32. The van der Waals surface area contributed by atoms with Gasteiger partial charge >= 0.3 is 0 Å². The summed E-state index contributed by atoms with van der Waals surface area (Å²) in [4.78, 5) is 12.9. The van der Waals surface area contributed by atoms with Gasteiger partial charge in [0, 0.05) is 17.7 Å². The molecule has 2 heteroatoms. The van der Waals surface area contributed by atoms with Crippen LogP contribution >= 0.6 is 0 Å². The summed E-state index contributed by atoms with van der Waals surface area (Å²) in [7, 11) is 0. The summed E-state index contributed by atoms with van der Waals surface area (Å²) in [5.41, 5.74) is 1.70. The Bertz CT molecular complexity index is 601. The number of furan rings is 1. The van der Waals surface area contributed by atoms with E-state index in [9.17, 15) is 4.79 Å². The maximum absolute atomic E-state index is 12.9. The third-order valence-corrected chi connectivity index (χ3v) is 4.46. The maximum atomic E-state index is 12.9. The predicted octanol–water partition coefficient (Wildman–Crippen LogP) is 5.15. The van der Waals surface area contributed by atoms with Crippen LogP contribution in [0.1, 0.15) is 61.6 Å². The molecule has 1 aliphatic carbocycles. The van der Waals surface area contributed by atoms with E-state index < -0.39 is 0 Å². The monoisotopic (exact) mass is 270 g/mol. The lowest BCUT2D eigenvalue weighted by Crippen LogP contribution is -2.15. The van der Waals surface area contributed by atoms with Gasteiger partial charge in [-0.1, -0.05) is 50.8 Å². The molecule has 1 aromatic heterocycles. The third kappa shape index (κ3) is 2.39. The van der Waals surface area contributed by atoms with E-state index >= 15 is 0 Å². The smallest absolute Gasteiger partial charge is 0.170 e. The van der Waals surface area contributed by atoms with E-state index in [1.807, 2.05) is 24.3 Å². The second-order valence-electron chi connectivity index (χ2n) is 5.80. The molecule has 1 heterocycles. The number of para-hydroxylation sites is 1. The Labute approximate surface area is 120 Å². The number of hydrogen-bond acceptors (Lipinski definition) is 2. The normalized spacial score (nSPS) is 17.2. The van der Waals surface area contributed by atoms with E-state index in [4.69, 9.17) is 4.42 Å². The van der Waals surface area contributed by atoms with E-state index in [1.165, 1.54) is 25.7 Å². The number of rotatable bonds is 3. The van der Waals surface area contributed by atoms with Gasteiger partial charge in [0.15, 0.2) is 5.78 Å². The first-order valence-electron chi connectivity index (χ1n) is 7.86. The highest BCUT2D eigenvalue weighted by atomic mass is 16.3. The highest BCUT2D eigenvalue weighted by molar-refractivity contribution is 6.09. The Morgan fingerprint density at radius 2 is 1.85 bits per heavy atom. The van der Waals surface area contributed by atoms with Crippen molar-refractivity contribution in [3.05, 3.63) is 35.6 Å². The fourth-order valence-electron chi connectivity index (χ4n) is 3.36. The number of ketones is 1. The molecule has 2 nitrogen and oxygen atoms in total. The molecule has 1 aliphatic rings. The fourth-order valence-corrected chi connectivity index (χ4v) is 3.36. The zero-order valence-electron chi connectivity index (χ0n) is 12.2. The molecule has 3 rings (SSSR count). The van der Waals surface area contributed by atoms with Crippen molar-refractivity contribution in [2.75, 3.05) is 0 Å². The van der Waals surface area contributed by atoms with Gasteiger partial charge in [0.25, 0.3) is 0 Å². The van der Waals surface area contributed by atoms with Crippen LogP contribution < -0.4 is 0 Å². The van der Waals surface area contributed by atoms with E-state index in [0.717, 1.165) is 41.6 Å². The lowest BCUT2D eigenvalue weighted by molar-refractivity contribution is 0.0907. The van der Waals surface area contributed by atoms with Crippen LogP contribution in [-0.4, -0.2) is 5.78 Å². The second kappa shape index (κ2) is 5.82. The summed E-state index contributed by atoms with van der Waals surface area (Å²) in [5, 5.41) is 0.999. The summed E-state index contributed by atoms with van der Waals surface area (Å²) in [6.07, 6.45) is 7.79. The quantitative estimate of drug-likeness (QED) is 0.570. The van der Waals surface area contributed by atoms with Crippen molar-refractivity contribution in [2.24, 2.45) is 5.92 Å². The van der Waals surface area contributed by atoms with E-state index in [-0.39, 0.29) is 5.92 Å². The minimum Gasteiger partial charge on any atom is -0.460 e. The van der Waals surface area contributed by atoms with Crippen molar-refractivity contribution >= 4 is 16.8 Å². The van der Waals surface area contributed by atoms with Crippen molar-refractivity contribution in [3.8, 4) is 0 Å². The fraction of sp³-hybridized carbons (Fsp3) is 0.500. The molecule has 106 valence electrons. The number of aryl methyl sites for hydroxylation is 1. The maximum Gasteiger partial charge on any atom is 0.170 e. The molecular weight excluding hydrogens is 248 g/mol. The highest BCUT2D eigenvalue weighted by Gasteiger charge is 2.27. The Hall–Kier alpha value is -1.57. The Morgan fingerprint density at radius 3 is 2.55 bits per heavy atom. The number of carbonyl (C=O) groups is 1.